The van der Waals surface area contributed by atoms with Crippen LogP contribution in [-0.4, -0.2) is 18.6 Å². The normalized spacial score (nSPS) is 29.5. The molecule has 4 heteroatoms. The maximum absolute atomic E-state index is 11.0. The van der Waals surface area contributed by atoms with Gasteiger partial charge in [0.1, 0.15) is 6.10 Å². The van der Waals surface area contributed by atoms with Crippen molar-refractivity contribution in [2.24, 2.45) is 5.92 Å². The lowest BCUT2D eigenvalue weighted by molar-refractivity contribution is -0.130. The molecule has 0 aromatic rings. The molecule has 1 rings (SSSR count). The third kappa shape index (κ3) is 1.69. The lowest BCUT2D eigenvalue weighted by Crippen LogP contribution is -2.34. The predicted molar refractivity (Wildman–Crippen MR) is 37.3 cm³/mol. The number of hydrogen-bond donors (Lipinski definition) is 1. The van der Waals surface area contributed by atoms with E-state index in [0.717, 1.165) is 6.42 Å². The Morgan fingerprint density at radius 3 is 3.00 bits per heavy atom. The minimum atomic E-state index is -0.422. The summed E-state index contributed by atoms with van der Waals surface area (Å²) in [7, 11) is 0. The maximum Gasteiger partial charge on any atom is 0.262 e. The number of amides is 1. The van der Waals surface area contributed by atoms with Gasteiger partial charge in [-0.2, -0.15) is 5.26 Å². The van der Waals surface area contributed by atoms with Gasteiger partial charge in [-0.3, -0.25) is 10.1 Å². The van der Waals surface area contributed by atoms with E-state index in [-0.39, 0.29) is 11.8 Å². The molecule has 1 fully saturated rings. The zero-order valence-corrected chi connectivity index (χ0v) is 6.33. The molecule has 0 aliphatic carbocycles. The SMILES string of the molecule is CC1CCOC1C(=O)NC#N. The number of carbonyl (C=O) groups is 1. The zero-order valence-electron chi connectivity index (χ0n) is 6.33. The van der Waals surface area contributed by atoms with Gasteiger partial charge in [-0.25, -0.2) is 0 Å². The van der Waals surface area contributed by atoms with Gasteiger partial charge in [0.2, 0.25) is 0 Å². The monoisotopic (exact) mass is 154 g/mol. The number of nitrogens with one attached hydrogen (secondary N) is 1. The highest BCUT2D eigenvalue weighted by atomic mass is 16.5. The summed E-state index contributed by atoms with van der Waals surface area (Å²) in [5, 5.41) is 10.2. The number of ether oxygens (including phenoxy) is 1. The van der Waals surface area contributed by atoms with Crippen LogP contribution in [-0.2, 0) is 9.53 Å². The van der Waals surface area contributed by atoms with E-state index in [0.29, 0.717) is 6.61 Å². The van der Waals surface area contributed by atoms with E-state index >= 15 is 0 Å². The smallest absolute Gasteiger partial charge is 0.262 e. The van der Waals surface area contributed by atoms with Crippen LogP contribution in [0.4, 0.5) is 0 Å². The standard InChI is InChI=1S/C7H10N2O2/c1-5-2-3-11-6(5)7(10)9-4-8/h5-6H,2-3H2,1H3,(H,9,10). The van der Waals surface area contributed by atoms with Gasteiger partial charge in [-0.05, 0) is 12.3 Å². The number of rotatable bonds is 1. The summed E-state index contributed by atoms with van der Waals surface area (Å²) in [5.41, 5.74) is 0. The summed E-state index contributed by atoms with van der Waals surface area (Å²) in [6, 6.07) is 0. The third-order valence-corrected chi connectivity index (χ3v) is 1.82. The summed E-state index contributed by atoms with van der Waals surface area (Å²) in [6.45, 7) is 2.55. The first kappa shape index (κ1) is 8.02. The van der Waals surface area contributed by atoms with Crippen molar-refractivity contribution in [1.29, 1.82) is 5.26 Å². The first-order valence-corrected chi connectivity index (χ1v) is 3.56. The molecule has 60 valence electrons. The molecule has 0 aromatic carbocycles. The molecule has 0 aromatic heterocycles. The Kier molecular flexibility index (Phi) is 2.44. The fourth-order valence-corrected chi connectivity index (χ4v) is 1.16. The summed E-state index contributed by atoms with van der Waals surface area (Å²) >= 11 is 0. The Morgan fingerprint density at radius 1 is 1.82 bits per heavy atom. The summed E-state index contributed by atoms with van der Waals surface area (Å²) in [5.74, 6) is -0.0964. The van der Waals surface area contributed by atoms with Crippen molar-refractivity contribution < 1.29 is 9.53 Å². The predicted octanol–water partition coefficient (Wildman–Crippen LogP) is 0.00868. The second kappa shape index (κ2) is 3.35. The van der Waals surface area contributed by atoms with Crippen LogP contribution in [0.2, 0.25) is 0 Å². The second-order valence-corrected chi connectivity index (χ2v) is 2.66. The van der Waals surface area contributed by atoms with Crippen molar-refractivity contribution in [3.63, 3.8) is 0 Å². The highest BCUT2D eigenvalue weighted by Crippen LogP contribution is 2.19. The Morgan fingerprint density at radius 2 is 2.55 bits per heavy atom. The van der Waals surface area contributed by atoms with Crippen molar-refractivity contribution in [2.45, 2.75) is 19.4 Å². The molecule has 0 saturated carbocycles. The average molecular weight is 154 g/mol. The fourth-order valence-electron chi connectivity index (χ4n) is 1.16. The Hall–Kier alpha value is -1.08. The van der Waals surface area contributed by atoms with Crippen LogP contribution < -0.4 is 5.32 Å². The van der Waals surface area contributed by atoms with E-state index in [1.54, 1.807) is 6.19 Å². The molecular formula is C7H10N2O2. The van der Waals surface area contributed by atoms with Crippen LogP contribution in [0.1, 0.15) is 13.3 Å². The number of nitrogens with zero attached hydrogens (tertiary/aromatic N) is 1. The molecule has 11 heavy (non-hydrogen) atoms. The summed E-state index contributed by atoms with van der Waals surface area (Å²) < 4.78 is 5.12. The lowest BCUT2D eigenvalue weighted by atomic mass is 10.0. The maximum atomic E-state index is 11.0. The van der Waals surface area contributed by atoms with Crippen molar-refractivity contribution in [2.75, 3.05) is 6.61 Å². The third-order valence-electron chi connectivity index (χ3n) is 1.82. The second-order valence-electron chi connectivity index (χ2n) is 2.66. The van der Waals surface area contributed by atoms with Gasteiger partial charge in [0.15, 0.2) is 6.19 Å². The van der Waals surface area contributed by atoms with Crippen molar-refractivity contribution in [1.82, 2.24) is 5.32 Å². The number of nitriles is 1. The fraction of sp³-hybridized carbons (Fsp3) is 0.714. The molecule has 1 aliphatic rings. The molecule has 0 bridgehead atoms. The molecule has 2 atom stereocenters. The van der Waals surface area contributed by atoms with Crippen molar-refractivity contribution in [3.8, 4) is 6.19 Å². The topological polar surface area (TPSA) is 62.1 Å². The van der Waals surface area contributed by atoms with E-state index in [1.165, 1.54) is 0 Å². The lowest BCUT2D eigenvalue weighted by Gasteiger charge is -2.10. The largest absolute Gasteiger partial charge is 0.368 e. The van der Waals surface area contributed by atoms with Gasteiger partial charge in [0.25, 0.3) is 5.91 Å². The van der Waals surface area contributed by atoms with Gasteiger partial charge in [-0.15, -0.1) is 0 Å². The first-order chi connectivity index (χ1) is 5.25. The molecule has 0 radical (unpaired) electrons. The molecule has 1 saturated heterocycles. The van der Waals surface area contributed by atoms with Crippen molar-refractivity contribution in [3.05, 3.63) is 0 Å². The van der Waals surface area contributed by atoms with Crippen LogP contribution in [0.15, 0.2) is 0 Å². The van der Waals surface area contributed by atoms with E-state index in [4.69, 9.17) is 10.00 Å². The highest BCUT2D eigenvalue weighted by Gasteiger charge is 2.30. The molecule has 1 aliphatic heterocycles. The molecule has 1 heterocycles. The average Bonchev–Trinajstić information content (AvgIpc) is 2.36. The van der Waals surface area contributed by atoms with Gasteiger partial charge >= 0.3 is 0 Å². The Labute approximate surface area is 65.1 Å². The number of hydrogen-bond acceptors (Lipinski definition) is 3. The molecule has 1 amide bonds. The van der Waals surface area contributed by atoms with Crippen LogP contribution >= 0.6 is 0 Å². The van der Waals surface area contributed by atoms with Crippen LogP contribution in [0, 0.1) is 17.4 Å². The van der Waals surface area contributed by atoms with Crippen LogP contribution in [0.3, 0.4) is 0 Å². The zero-order chi connectivity index (χ0) is 8.27. The number of carbonyl (C=O) groups excluding carboxylic acids is 1. The molecule has 1 N–H and O–H groups in total. The van der Waals surface area contributed by atoms with E-state index in [1.807, 2.05) is 6.92 Å². The Bertz CT molecular complexity index is 197. The van der Waals surface area contributed by atoms with Crippen LogP contribution in [0.5, 0.6) is 0 Å². The van der Waals surface area contributed by atoms with E-state index < -0.39 is 6.10 Å². The molecule has 2 unspecified atom stereocenters. The van der Waals surface area contributed by atoms with Crippen molar-refractivity contribution >= 4 is 5.91 Å². The first-order valence-electron chi connectivity index (χ1n) is 3.56. The van der Waals surface area contributed by atoms with E-state index in [9.17, 15) is 4.79 Å². The summed E-state index contributed by atoms with van der Waals surface area (Å²) in [6.07, 6.45) is 2.06. The van der Waals surface area contributed by atoms with E-state index in [2.05, 4.69) is 5.32 Å². The van der Waals surface area contributed by atoms with Gasteiger partial charge in [-0.1, -0.05) is 6.92 Å². The molecule has 4 nitrogen and oxygen atoms in total. The highest BCUT2D eigenvalue weighted by molar-refractivity contribution is 5.82. The quantitative estimate of drug-likeness (QED) is 0.427. The van der Waals surface area contributed by atoms with Gasteiger partial charge in [0.05, 0.1) is 0 Å². The minimum Gasteiger partial charge on any atom is -0.368 e. The minimum absolute atomic E-state index is 0.225. The molecular weight excluding hydrogens is 144 g/mol. The Balaban J connectivity index is 2.47. The van der Waals surface area contributed by atoms with Gasteiger partial charge < -0.3 is 4.74 Å². The van der Waals surface area contributed by atoms with Crippen LogP contribution in [0.25, 0.3) is 0 Å². The van der Waals surface area contributed by atoms with Gasteiger partial charge in [0, 0.05) is 6.61 Å². The summed E-state index contributed by atoms with van der Waals surface area (Å²) in [4.78, 5) is 11.0. The molecule has 0 spiro atoms.